The van der Waals surface area contributed by atoms with Crippen molar-refractivity contribution in [2.45, 2.75) is 59.8 Å². The van der Waals surface area contributed by atoms with E-state index < -0.39 is 0 Å². The molecule has 16 heavy (non-hydrogen) atoms. The van der Waals surface area contributed by atoms with Gasteiger partial charge in [-0.25, -0.2) is 0 Å². The summed E-state index contributed by atoms with van der Waals surface area (Å²) >= 11 is 0. The maximum atomic E-state index is 3.55. The fourth-order valence-corrected chi connectivity index (χ4v) is 3.48. The Morgan fingerprint density at radius 2 is 1.75 bits per heavy atom. The van der Waals surface area contributed by atoms with Gasteiger partial charge in [0.15, 0.2) is 0 Å². The van der Waals surface area contributed by atoms with Crippen molar-refractivity contribution in [3.63, 3.8) is 0 Å². The predicted octanol–water partition coefficient (Wildman–Crippen LogP) is 4.08. The summed E-state index contributed by atoms with van der Waals surface area (Å²) in [6.07, 6.45) is 7.10. The van der Waals surface area contributed by atoms with Crippen LogP contribution in [0.4, 0.5) is 0 Å². The van der Waals surface area contributed by atoms with Crippen molar-refractivity contribution in [3.8, 4) is 0 Å². The highest BCUT2D eigenvalue weighted by Gasteiger charge is 2.24. The summed E-state index contributed by atoms with van der Waals surface area (Å²) in [4.78, 5) is 0. The van der Waals surface area contributed by atoms with Crippen LogP contribution in [0, 0.1) is 23.7 Å². The van der Waals surface area contributed by atoms with Gasteiger partial charge in [-0.2, -0.15) is 0 Å². The third-order valence-electron chi connectivity index (χ3n) is 3.93. The molecule has 1 saturated carbocycles. The van der Waals surface area contributed by atoms with Gasteiger partial charge in [-0.15, -0.1) is 0 Å². The van der Waals surface area contributed by atoms with Crippen LogP contribution in [-0.2, 0) is 0 Å². The second kappa shape index (κ2) is 7.32. The third kappa shape index (κ3) is 5.34. The topological polar surface area (TPSA) is 12.0 Å². The minimum absolute atomic E-state index is 0.856. The molecule has 0 aliphatic heterocycles. The summed E-state index contributed by atoms with van der Waals surface area (Å²) in [5.74, 6) is 3.78. The average Bonchev–Trinajstić information content (AvgIpc) is 2.16. The van der Waals surface area contributed by atoms with E-state index in [0.717, 1.165) is 23.7 Å². The van der Waals surface area contributed by atoms with Gasteiger partial charge in [0, 0.05) is 0 Å². The zero-order valence-electron chi connectivity index (χ0n) is 11.8. The molecule has 0 amide bonds. The Kier molecular flexibility index (Phi) is 6.41. The van der Waals surface area contributed by atoms with E-state index in [-0.39, 0.29) is 0 Å². The van der Waals surface area contributed by atoms with Gasteiger partial charge < -0.3 is 5.32 Å². The molecule has 1 heteroatoms. The molecule has 0 spiro atoms. The summed E-state index contributed by atoms with van der Waals surface area (Å²) in [7, 11) is 0. The van der Waals surface area contributed by atoms with Gasteiger partial charge in [0.25, 0.3) is 0 Å². The van der Waals surface area contributed by atoms with Crippen LogP contribution in [-0.4, -0.2) is 13.1 Å². The lowest BCUT2D eigenvalue weighted by atomic mass is 9.74. The van der Waals surface area contributed by atoms with Gasteiger partial charge in [0.05, 0.1) is 0 Å². The number of hydrogen-bond acceptors (Lipinski definition) is 1. The van der Waals surface area contributed by atoms with Gasteiger partial charge in [-0.3, -0.25) is 0 Å². The van der Waals surface area contributed by atoms with Gasteiger partial charge in [-0.1, -0.05) is 27.7 Å². The highest BCUT2D eigenvalue weighted by Crippen LogP contribution is 2.35. The second-order valence-corrected chi connectivity index (χ2v) is 6.33. The molecule has 1 aliphatic rings. The molecule has 0 heterocycles. The van der Waals surface area contributed by atoms with Crippen LogP contribution in [0.5, 0.6) is 0 Å². The molecule has 0 bridgehead atoms. The number of rotatable bonds is 6. The summed E-state index contributed by atoms with van der Waals surface area (Å²) in [6.45, 7) is 11.9. The predicted molar refractivity (Wildman–Crippen MR) is 72.6 cm³/mol. The van der Waals surface area contributed by atoms with Crippen LogP contribution >= 0.6 is 0 Å². The first-order valence-corrected chi connectivity index (χ1v) is 7.32. The molecule has 0 radical (unpaired) electrons. The molecular formula is C15H31N. The molecule has 1 aliphatic carbocycles. The van der Waals surface area contributed by atoms with Gasteiger partial charge in [0.2, 0.25) is 0 Å². The van der Waals surface area contributed by atoms with Crippen molar-refractivity contribution in [2.24, 2.45) is 23.7 Å². The normalized spacial score (nSPS) is 32.6. The summed E-state index contributed by atoms with van der Waals surface area (Å²) in [5.41, 5.74) is 0. The molecule has 1 rings (SSSR count). The SMILES string of the molecule is CCCNCC(C)CC1CC(C)CC(C)C1. The van der Waals surface area contributed by atoms with E-state index in [1.54, 1.807) is 0 Å². The summed E-state index contributed by atoms with van der Waals surface area (Å²) in [5, 5.41) is 3.55. The smallest absolute Gasteiger partial charge is 0.00231 e. The molecule has 0 aromatic rings. The van der Waals surface area contributed by atoms with Gasteiger partial charge in [-0.05, 0) is 68.9 Å². The number of hydrogen-bond donors (Lipinski definition) is 1. The molecule has 3 unspecified atom stereocenters. The lowest BCUT2D eigenvalue weighted by Gasteiger charge is -2.33. The zero-order chi connectivity index (χ0) is 12.0. The van der Waals surface area contributed by atoms with Crippen molar-refractivity contribution < 1.29 is 0 Å². The third-order valence-corrected chi connectivity index (χ3v) is 3.93. The second-order valence-electron chi connectivity index (χ2n) is 6.33. The highest BCUT2D eigenvalue weighted by molar-refractivity contribution is 4.76. The quantitative estimate of drug-likeness (QED) is 0.672. The summed E-state index contributed by atoms with van der Waals surface area (Å²) < 4.78 is 0. The van der Waals surface area contributed by atoms with Crippen LogP contribution in [0.25, 0.3) is 0 Å². The number of nitrogens with one attached hydrogen (secondary N) is 1. The molecule has 0 aromatic heterocycles. The molecule has 1 N–H and O–H groups in total. The van der Waals surface area contributed by atoms with Crippen molar-refractivity contribution >= 4 is 0 Å². The van der Waals surface area contributed by atoms with Crippen molar-refractivity contribution in [2.75, 3.05) is 13.1 Å². The minimum Gasteiger partial charge on any atom is -0.316 e. The van der Waals surface area contributed by atoms with E-state index in [9.17, 15) is 0 Å². The fourth-order valence-electron chi connectivity index (χ4n) is 3.48. The molecule has 0 aromatic carbocycles. The first kappa shape index (κ1) is 14.0. The molecule has 3 atom stereocenters. The first-order chi connectivity index (χ1) is 7.61. The minimum atomic E-state index is 0.856. The maximum absolute atomic E-state index is 3.55. The Morgan fingerprint density at radius 1 is 1.12 bits per heavy atom. The Labute approximate surface area is 102 Å². The Bertz CT molecular complexity index is 168. The lowest BCUT2D eigenvalue weighted by Crippen LogP contribution is -2.26. The van der Waals surface area contributed by atoms with Gasteiger partial charge in [0.1, 0.15) is 0 Å². The maximum Gasteiger partial charge on any atom is -0.00231 e. The van der Waals surface area contributed by atoms with Crippen LogP contribution in [0.3, 0.4) is 0 Å². The first-order valence-electron chi connectivity index (χ1n) is 7.32. The van der Waals surface area contributed by atoms with E-state index in [1.165, 1.54) is 45.2 Å². The van der Waals surface area contributed by atoms with Crippen LogP contribution in [0.15, 0.2) is 0 Å². The zero-order valence-corrected chi connectivity index (χ0v) is 11.8. The molecule has 1 nitrogen and oxygen atoms in total. The van der Waals surface area contributed by atoms with E-state index in [0.29, 0.717) is 0 Å². The summed E-state index contributed by atoms with van der Waals surface area (Å²) in [6, 6.07) is 0. The fraction of sp³-hybridized carbons (Fsp3) is 1.00. The van der Waals surface area contributed by atoms with Crippen LogP contribution in [0.2, 0.25) is 0 Å². The Morgan fingerprint density at radius 3 is 2.31 bits per heavy atom. The molecule has 1 fully saturated rings. The van der Waals surface area contributed by atoms with Crippen LogP contribution < -0.4 is 5.32 Å². The van der Waals surface area contributed by atoms with Gasteiger partial charge >= 0.3 is 0 Å². The lowest BCUT2D eigenvalue weighted by molar-refractivity contribution is 0.191. The standard InChI is InChI=1S/C15H31N/c1-5-6-16-11-14(4)10-15-8-12(2)7-13(3)9-15/h12-16H,5-11H2,1-4H3. The highest BCUT2D eigenvalue weighted by atomic mass is 14.8. The molecular weight excluding hydrogens is 194 g/mol. The van der Waals surface area contributed by atoms with E-state index in [2.05, 4.69) is 33.0 Å². The Balaban J connectivity index is 2.19. The van der Waals surface area contributed by atoms with E-state index in [1.807, 2.05) is 0 Å². The molecule has 0 saturated heterocycles. The monoisotopic (exact) mass is 225 g/mol. The van der Waals surface area contributed by atoms with E-state index >= 15 is 0 Å². The molecule has 96 valence electrons. The largest absolute Gasteiger partial charge is 0.316 e. The Hall–Kier alpha value is -0.0400. The average molecular weight is 225 g/mol. The van der Waals surface area contributed by atoms with E-state index in [4.69, 9.17) is 0 Å². The van der Waals surface area contributed by atoms with Crippen molar-refractivity contribution in [3.05, 3.63) is 0 Å². The van der Waals surface area contributed by atoms with Crippen LogP contribution in [0.1, 0.15) is 59.8 Å². The van der Waals surface area contributed by atoms with Crippen molar-refractivity contribution in [1.82, 2.24) is 5.32 Å². The van der Waals surface area contributed by atoms with Crippen molar-refractivity contribution in [1.29, 1.82) is 0 Å².